The van der Waals surface area contributed by atoms with Crippen LogP contribution in [0.25, 0.3) is 0 Å². The molecule has 0 radical (unpaired) electrons. The monoisotopic (exact) mass is 199 g/mol. The fourth-order valence-electron chi connectivity index (χ4n) is 2.14. The SMILES string of the molecule is CN(CCNCCCN)C1CCCC1. The molecule has 0 unspecified atom stereocenters. The minimum absolute atomic E-state index is 0.797. The van der Waals surface area contributed by atoms with E-state index in [-0.39, 0.29) is 0 Å². The molecule has 0 bridgehead atoms. The van der Waals surface area contributed by atoms with Crippen molar-refractivity contribution >= 4 is 0 Å². The van der Waals surface area contributed by atoms with Crippen molar-refractivity contribution in [1.82, 2.24) is 10.2 Å². The lowest BCUT2D eigenvalue weighted by atomic mass is 10.2. The quantitative estimate of drug-likeness (QED) is 0.596. The van der Waals surface area contributed by atoms with Crippen molar-refractivity contribution in [3.05, 3.63) is 0 Å². The molecule has 1 aliphatic carbocycles. The Kier molecular flexibility index (Phi) is 6.15. The van der Waals surface area contributed by atoms with Crippen molar-refractivity contribution in [1.29, 1.82) is 0 Å². The molecule has 3 nitrogen and oxygen atoms in total. The van der Waals surface area contributed by atoms with Crippen LogP contribution in [-0.2, 0) is 0 Å². The first kappa shape index (κ1) is 12.0. The van der Waals surface area contributed by atoms with E-state index in [2.05, 4.69) is 17.3 Å². The second-order valence-electron chi connectivity index (χ2n) is 4.31. The van der Waals surface area contributed by atoms with Crippen LogP contribution in [0.4, 0.5) is 0 Å². The van der Waals surface area contributed by atoms with Gasteiger partial charge in [-0.15, -0.1) is 0 Å². The average molecular weight is 199 g/mol. The van der Waals surface area contributed by atoms with E-state index in [0.717, 1.165) is 32.1 Å². The van der Waals surface area contributed by atoms with E-state index in [1.54, 1.807) is 0 Å². The van der Waals surface area contributed by atoms with Crippen LogP contribution in [0.3, 0.4) is 0 Å². The maximum Gasteiger partial charge on any atom is 0.0107 e. The average Bonchev–Trinajstić information content (AvgIpc) is 2.70. The topological polar surface area (TPSA) is 41.3 Å². The summed E-state index contributed by atoms with van der Waals surface area (Å²) in [7, 11) is 2.25. The lowest BCUT2D eigenvalue weighted by molar-refractivity contribution is 0.245. The van der Waals surface area contributed by atoms with Crippen molar-refractivity contribution in [2.24, 2.45) is 5.73 Å². The normalized spacial score (nSPS) is 18.2. The molecular formula is C11H25N3. The van der Waals surface area contributed by atoms with Crippen LogP contribution in [0.15, 0.2) is 0 Å². The molecule has 0 aliphatic heterocycles. The molecule has 1 fully saturated rings. The Labute approximate surface area is 88.0 Å². The first-order chi connectivity index (χ1) is 6.84. The maximum atomic E-state index is 5.42. The van der Waals surface area contributed by atoms with Gasteiger partial charge in [0, 0.05) is 19.1 Å². The van der Waals surface area contributed by atoms with Crippen molar-refractivity contribution in [3.63, 3.8) is 0 Å². The molecule has 1 saturated carbocycles. The van der Waals surface area contributed by atoms with Crippen LogP contribution in [0, 0.1) is 0 Å². The van der Waals surface area contributed by atoms with Gasteiger partial charge in [-0.2, -0.15) is 0 Å². The number of nitrogens with one attached hydrogen (secondary N) is 1. The highest BCUT2D eigenvalue weighted by molar-refractivity contribution is 4.75. The predicted molar refractivity (Wildman–Crippen MR) is 61.4 cm³/mol. The Hall–Kier alpha value is -0.120. The zero-order chi connectivity index (χ0) is 10.2. The Morgan fingerprint density at radius 2 is 2.00 bits per heavy atom. The molecule has 0 aromatic carbocycles. The lowest BCUT2D eigenvalue weighted by Gasteiger charge is -2.23. The molecular weight excluding hydrogens is 174 g/mol. The molecule has 0 spiro atoms. The van der Waals surface area contributed by atoms with Gasteiger partial charge in [0.15, 0.2) is 0 Å². The summed E-state index contributed by atoms with van der Waals surface area (Å²) in [5.41, 5.74) is 5.42. The van der Waals surface area contributed by atoms with Gasteiger partial charge in [0.1, 0.15) is 0 Å². The van der Waals surface area contributed by atoms with E-state index in [1.807, 2.05) is 0 Å². The van der Waals surface area contributed by atoms with Crippen molar-refractivity contribution in [2.45, 2.75) is 38.1 Å². The molecule has 0 amide bonds. The summed E-state index contributed by atoms with van der Waals surface area (Å²) < 4.78 is 0. The van der Waals surface area contributed by atoms with Gasteiger partial charge in [0.25, 0.3) is 0 Å². The zero-order valence-corrected chi connectivity index (χ0v) is 9.47. The van der Waals surface area contributed by atoms with E-state index in [4.69, 9.17) is 5.73 Å². The van der Waals surface area contributed by atoms with Crippen LogP contribution in [0.1, 0.15) is 32.1 Å². The van der Waals surface area contributed by atoms with Gasteiger partial charge in [0.05, 0.1) is 0 Å². The zero-order valence-electron chi connectivity index (χ0n) is 9.47. The van der Waals surface area contributed by atoms with Crippen molar-refractivity contribution < 1.29 is 0 Å². The fourth-order valence-corrected chi connectivity index (χ4v) is 2.14. The Morgan fingerprint density at radius 1 is 1.29 bits per heavy atom. The van der Waals surface area contributed by atoms with Crippen molar-refractivity contribution in [3.8, 4) is 0 Å². The third-order valence-electron chi connectivity index (χ3n) is 3.15. The fraction of sp³-hybridized carbons (Fsp3) is 1.00. The first-order valence-corrected chi connectivity index (χ1v) is 5.95. The maximum absolute atomic E-state index is 5.42. The number of likely N-dealkylation sites (N-methyl/N-ethyl adjacent to an activating group) is 1. The number of nitrogens with two attached hydrogens (primary N) is 1. The Balaban J connectivity index is 1.94. The number of hydrogen-bond acceptors (Lipinski definition) is 3. The van der Waals surface area contributed by atoms with Gasteiger partial charge in [-0.3, -0.25) is 0 Å². The van der Waals surface area contributed by atoms with Crippen LogP contribution in [0.2, 0.25) is 0 Å². The second-order valence-corrected chi connectivity index (χ2v) is 4.31. The summed E-state index contributed by atoms with van der Waals surface area (Å²) in [6.07, 6.45) is 6.75. The molecule has 3 N–H and O–H groups in total. The molecule has 1 rings (SSSR count). The summed E-state index contributed by atoms with van der Waals surface area (Å²) in [4.78, 5) is 2.50. The van der Waals surface area contributed by atoms with E-state index in [0.29, 0.717) is 0 Å². The summed E-state index contributed by atoms with van der Waals surface area (Å²) in [5.74, 6) is 0. The molecule has 0 atom stereocenters. The lowest BCUT2D eigenvalue weighted by Crippen LogP contribution is -2.35. The smallest absolute Gasteiger partial charge is 0.0107 e. The van der Waals surface area contributed by atoms with Gasteiger partial charge in [-0.1, -0.05) is 12.8 Å². The Morgan fingerprint density at radius 3 is 2.64 bits per heavy atom. The van der Waals surface area contributed by atoms with Gasteiger partial charge in [-0.05, 0) is 39.4 Å². The van der Waals surface area contributed by atoms with Crippen LogP contribution in [0.5, 0.6) is 0 Å². The highest BCUT2D eigenvalue weighted by Crippen LogP contribution is 2.21. The Bertz CT molecular complexity index is 132. The molecule has 0 heterocycles. The summed E-state index contributed by atoms with van der Waals surface area (Å²) in [6.45, 7) is 4.14. The van der Waals surface area contributed by atoms with E-state index < -0.39 is 0 Å². The van der Waals surface area contributed by atoms with Gasteiger partial charge in [-0.25, -0.2) is 0 Å². The molecule has 14 heavy (non-hydrogen) atoms. The van der Waals surface area contributed by atoms with E-state index >= 15 is 0 Å². The second kappa shape index (κ2) is 7.21. The molecule has 1 aliphatic rings. The van der Waals surface area contributed by atoms with Crippen LogP contribution in [-0.4, -0.2) is 44.2 Å². The minimum Gasteiger partial charge on any atom is -0.330 e. The predicted octanol–water partition coefficient (Wildman–Crippen LogP) is 0.799. The van der Waals surface area contributed by atoms with Crippen molar-refractivity contribution in [2.75, 3.05) is 33.2 Å². The highest BCUT2D eigenvalue weighted by Gasteiger charge is 2.18. The summed E-state index contributed by atoms with van der Waals surface area (Å²) in [5, 5.41) is 3.42. The third kappa shape index (κ3) is 4.40. The molecule has 3 heteroatoms. The number of hydrogen-bond donors (Lipinski definition) is 2. The number of nitrogens with zero attached hydrogens (tertiary/aromatic N) is 1. The van der Waals surface area contributed by atoms with Crippen LogP contribution < -0.4 is 11.1 Å². The molecule has 0 aromatic rings. The molecule has 0 saturated heterocycles. The molecule has 84 valence electrons. The molecule has 0 aromatic heterocycles. The standard InChI is InChI=1S/C11H25N3/c1-14(11-5-2-3-6-11)10-9-13-8-4-7-12/h11,13H,2-10,12H2,1H3. The number of rotatable bonds is 7. The van der Waals surface area contributed by atoms with E-state index in [9.17, 15) is 0 Å². The van der Waals surface area contributed by atoms with Gasteiger partial charge in [0.2, 0.25) is 0 Å². The van der Waals surface area contributed by atoms with E-state index in [1.165, 1.54) is 32.2 Å². The third-order valence-corrected chi connectivity index (χ3v) is 3.15. The summed E-state index contributed by atoms with van der Waals surface area (Å²) in [6, 6.07) is 0.853. The summed E-state index contributed by atoms with van der Waals surface area (Å²) >= 11 is 0. The van der Waals surface area contributed by atoms with Gasteiger partial charge >= 0.3 is 0 Å². The highest BCUT2D eigenvalue weighted by atomic mass is 15.1. The minimum atomic E-state index is 0.797. The van der Waals surface area contributed by atoms with Crippen LogP contribution >= 0.6 is 0 Å². The van der Waals surface area contributed by atoms with Gasteiger partial charge < -0.3 is 16.0 Å². The largest absolute Gasteiger partial charge is 0.330 e. The first-order valence-electron chi connectivity index (χ1n) is 5.95.